The lowest BCUT2D eigenvalue weighted by molar-refractivity contribution is -0.142. The van der Waals surface area contributed by atoms with E-state index in [9.17, 15) is 24.3 Å². The summed E-state index contributed by atoms with van der Waals surface area (Å²) in [5, 5.41) is 18.3. The molecule has 0 heterocycles. The van der Waals surface area contributed by atoms with E-state index in [1.807, 2.05) is 20.8 Å². The average molecular weight is 610 g/mol. The van der Waals surface area contributed by atoms with Crippen LogP contribution in [0.2, 0.25) is 0 Å². The molecule has 4 N–H and O–H groups in total. The van der Waals surface area contributed by atoms with Gasteiger partial charge in [-0.05, 0) is 51.5 Å². The summed E-state index contributed by atoms with van der Waals surface area (Å²) in [6.45, 7) is 11.6. The minimum absolute atomic E-state index is 0.0415. The van der Waals surface area contributed by atoms with Gasteiger partial charge in [-0.2, -0.15) is 0 Å². The molecule has 0 aliphatic rings. The van der Waals surface area contributed by atoms with Gasteiger partial charge in [0, 0.05) is 24.8 Å². The van der Waals surface area contributed by atoms with E-state index in [2.05, 4.69) is 29.8 Å². The summed E-state index contributed by atoms with van der Waals surface area (Å²) >= 11 is 0. The van der Waals surface area contributed by atoms with Crippen molar-refractivity contribution >= 4 is 23.6 Å². The normalized spacial score (nSPS) is 13.0. The van der Waals surface area contributed by atoms with Crippen LogP contribution in [-0.2, 0) is 19.2 Å². The van der Waals surface area contributed by atoms with Gasteiger partial charge in [0.1, 0.15) is 6.04 Å². The van der Waals surface area contributed by atoms with Crippen molar-refractivity contribution in [2.75, 3.05) is 13.1 Å². The largest absolute Gasteiger partial charge is 0.480 e. The highest BCUT2D eigenvalue weighted by atomic mass is 16.4. The van der Waals surface area contributed by atoms with Crippen LogP contribution in [0.25, 0.3) is 0 Å². The van der Waals surface area contributed by atoms with Crippen LogP contribution in [0, 0.1) is 5.41 Å². The molecule has 0 aromatic carbocycles. The Morgan fingerprint density at radius 3 is 1.67 bits per heavy atom. The standard InChI is InChI=1S/C35H67N3O5/c1-6-9-10-11-12-13-14-15-16-17-18-19-20-24-32(40)38-30(34(42)43)25-26-31(39)37-28-22-21-23-29(36-27-7-2)33(41)35(4,5)8-3/h29-30,36H,6-28H2,1-5H3,(H,37,39)(H,38,40)(H,42,43). The van der Waals surface area contributed by atoms with Gasteiger partial charge in [0.25, 0.3) is 0 Å². The van der Waals surface area contributed by atoms with E-state index >= 15 is 0 Å². The second-order valence-electron chi connectivity index (χ2n) is 12.9. The van der Waals surface area contributed by atoms with Gasteiger partial charge in [0.15, 0.2) is 5.78 Å². The summed E-state index contributed by atoms with van der Waals surface area (Å²) in [4.78, 5) is 49.1. The van der Waals surface area contributed by atoms with Gasteiger partial charge < -0.3 is 21.1 Å². The zero-order valence-corrected chi connectivity index (χ0v) is 28.5. The summed E-state index contributed by atoms with van der Waals surface area (Å²) in [5.74, 6) is -1.36. The van der Waals surface area contributed by atoms with Crippen molar-refractivity contribution in [2.45, 2.75) is 182 Å². The fraction of sp³-hybridized carbons (Fsp3) is 0.886. The molecule has 43 heavy (non-hydrogen) atoms. The van der Waals surface area contributed by atoms with E-state index in [0.29, 0.717) is 13.0 Å². The van der Waals surface area contributed by atoms with Crippen LogP contribution in [0.5, 0.6) is 0 Å². The number of rotatable bonds is 30. The number of unbranched alkanes of at least 4 members (excludes halogenated alkanes) is 13. The molecule has 0 aliphatic carbocycles. The molecule has 0 saturated carbocycles. The highest BCUT2D eigenvalue weighted by Gasteiger charge is 2.31. The maximum absolute atomic E-state index is 12.9. The van der Waals surface area contributed by atoms with Crippen molar-refractivity contribution in [1.29, 1.82) is 0 Å². The van der Waals surface area contributed by atoms with Gasteiger partial charge in [-0.15, -0.1) is 0 Å². The van der Waals surface area contributed by atoms with Gasteiger partial charge >= 0.3 is 5.97 Å². The third kappa shape index (κ3) is 22.2. The van der Waals surface area contributed by atoms with Gasteiger partial charge in [-0.1, -0.05) is 112 Å². The molecule has 0 rings (SSSR count). The molecule has 0 radical (unpaired) electrons. The molecule has 0 spiro atoms. The third-order valence-corrected chi connectivity index (χ3v) is 8.55. The number of Topliss-reactive ketones (excluding diaryl/α,β-unsaturated/α-hetero) is 1. The van der Waals surface area contributed by atoms with E-state index in [1.165, 1.54) is 64.2 Å². The number of carbonyl (C=O) groups is 4. The van der Waals surface area contributed by atoms with Crippen molar-refractivity contribution in [1.82, 2.24) is 16.0 Å². The Morgan fingerprint density at radius 1 is 0.605 bits per heavy atom. The van der Waals surface area contributed by atoms with Crippen LogP contribution in [0.3, 0.4) is 0 Å². The second-order valence-corrected chi connectivity index (χ2v) is 12.9. The van der Waals surface area contributed by atoms with Crippen LogP contribution in [0.1, 0.15) is 169 Å². The Balaban J connectivity index is 4.07. The fourth-order valence-corrected chi connectivity index (χ4v) is 5.18. The van der Waals surface area contributed by atoms with Gasteiger partial charge in [-0.25, -0.2) is 4.79 Å². The SMILES string of the molecule is CCCCCCCCCCCCCCCC(=O)NC(CCC(=O)NCCCCC(NCCC)C(=O)C(C)(C)CC)C(=O)O. The van der Waals surface area contributed by atoms with Crippen molar-refractivity contribution in [3.05, 3.63) is 0 Å². The van der Waals surface area contributed by atoms with Crippen molar-refractivity contribution in [3.63, 3.8) is 0 Å². The first-order valence-corrected chi connectivity index (χ1v) is 17.7. The first-order chi connectivity index (χ1) is 20.6. The molecule has 0 aromatic rings. The number of carbonyl (C=O) groups excluding carboxylic acids is 3. The Labute approximate surface area is 263 Å². The zero-order valence-electron chi connectivity index (χ0n) is 28.5. The number of ketones is 1. The molecule has 8 heteroatoms. The Bertz CT molecular complexity index is 756. The third-order valence-electron chi connectivity index (χ3n) is 8.55. The van der Waals surface area contributed by atoms with E-state index in [0.717, 1.165) is 57.9 Å². The maximum Gasteiger partial charge on any atom is 0.326 e. The van der Waals surface area contributed by atoms with Gasteiger partial charge in [0.05, 0.1) is 6.04 Å². The predicted octanol–water partition coefficient (Wildman–Crippen LogP) is 7.48. The summed E-state index contributed by atoms with van der Waals surface area (Å²) in [7, 11) is 0. The van der Waals surface area contributed by atoms with Crippen LogP contribution < -0.4 is 16.0 Å². The predicted molar refractivity (Wildman–Crippen MR) is 177 cm³/mol. The molecule has 0 saturated heterocycles. The molecule has 2 unspecified atom stereocenters. The summed E-state index contributed by atoms with van der Waals surface area (Å²) in [5.41, 5.74) is -0.359. The molecule has 2 amide bonds. The Kier molecular flexibility index (Phi) is 25.2. The molecular formula is C35H67N3O5. The topological polar surface area (TPSA) is 125 Å². The van der Waals surface area contributed by atoms with E-state index in [1.54, 1.807) is 0 Å². The smallest absolute Gasteiger partial charge is 0.326 e. The van der Waals surface area contributed by atoms with Crippen molar-refractivity contribution < 1.29 is 24.3 Å². The Hall–Kier alpha value is -1.96. The number of carboxylic acids is 1. The van der Waals surface area contributed by atoms with E-state index < -0.39 is 12.0 Å². The van der Waals surface area contributed by atoms with Crippen LogP contribution in [-0.4, -0.2) is 53.8 Å². The van der Waals surface area contributed by atoms with Crippen LogP contribution in [0.15, 0.2) is 0 Å². The number of amides is 2. The Morgan fingerprint density at radius 2 is 1.16 bits per heavy atom. The first-order valence-electron chi connectivity index (χ1n) is 17.7. The lowest BCUT2D eigenvalue weighted by atomic mass is 9.80. The summed E-state index contributed by atoms with van der Waals surface area (Å²) < 4.78 is 0. The first kappa shape index (κ1) is 41.0. The zero-order chi connectivity index (χ0) is 32.3. The molecule has 0 bridgehead atoms. The lowest BCUT2D eigenvalue weighted by Crippen LogP contribution is -2.44. The fourth-order valence-electron chi connectivity index (χ4n) is 5.18. The minimum atomic E-state index is -1.11. The monoisotopic (exact) mass is 610 g/mol. The van der Waals surface area contributed by atoms with Crippen LogP contribution in [0.4, 0.5) is 0 Å². The highest BCUT2D eigenvalue weighted by Crippen LogP contribution is 2.24. The summed E-state index contributed by atoms with van der Waals surface area (Å²) in [6.07, 6.45) is 20.4. The molecule has 8 nitrogen and oxygen atoms in total. The number of hydrogen-bond acceptors (Lipinski definition) is 5. The number of hydrogen-bond donors (Lipinski definition) is 4. The number of aliphatic carboxylic acids is 1. The van der Waals surface area contributed by atoms with Gasteiger partial charge in [-0.3, -0.25) is 14.4 Å². The molecule has 0 aromatic heterocycles. The van der Waals surface area contributed by atoms with Crippen molar-refractivity contribution in [2.24, 2.45) is 5.41 Å². The van der Waals surface area contributed by atoms with Gasteiger partial charge in [0.2, 0.25) is 11.8 Å². The van der Waals surface area contributed by atoms with Crippen molar-refractivity contribution in [3.8, 4) is 0 Å². The molecule has 0 aliphatic heterocycles. The maximum atomic E-state index is 12.9. The molecular weight excluding hydrogens is 542 g/mol. The molecule has 0 fully saturated rings. The lowest BCUT2D eigenvalue weighted by Gasteiger charge is -2.28. The van der Waals surface area contributed by atoms with E-state index in [4.69, 9.17) is 0 Å². The second kappa shape index (κ2) is 26.4. The minimum Gasteiger partial charge on any atom is -0.480 e. The quantitative estimate of drug-likeness (QED) is 0.0626. The highest BCUT2D eigenvalue weighted by molar-refractivity contribution is 5.89. The number of carboxylic acid groups (broad SMARTS) is 1. The van der Waals surface area contributed by atoms with Crippen LogP contribution >= 0.6 is 0 Å². The molecule has 2 atom stereocenters. The summed E-state index contributed by atoms with van der Waals surface area (Å²) in [6, 6.07) is -1.23. The number of nitrogens with one attached hydrogen (secondary N) is 3. The molecule has 252 valence electrons. The average Bonchev–Trinajstić information content (AvgIpc) is 2.98. The van der Waals surface area contributed by atoms with E-state index in [-0.39, 0.29) is 41.9 Å².